The van der Waals surface area contributed by atoms with Gasteiger partial charge in [-0.1, -0.05) is 0 Å². The van der Waals surface area contributed by atoms with Gasteiger partial charge in [0.05, 0.1) is 10.0 Å². The Bertz CT molecular complexity index is 594. The van der Waals surface area contributed by atoms with Crippen molar-refractivity contribution in [2.75, 3.05) is 5.73 Å². The molecule has 0 radical (unpaired) electrons. The molecule has 20 heavy (non-hydrogen) atoms. The molecule has 0 saturated heterocycles. The summed E-state index contributed by atoms with van der Waals surface area (Å²) in [4.78, 5) is 19.3. The molecule has 0 unspecified atom stereocenters. The number of rotatable bonds is 3. The monoisotopic (exact) mass is 301 g/mol. The molecule has 0 amide bonds. The second-order valence-electron chi connectivity index (χ2n) is 2.77. The molecule has 0 aliphatic heterocycles. The number of H-pyrrole nitrogens is 2. The number of aromatic amines is 2. The van der Waals surface area contributed by atoms with Crippen LogP contribution < -0.4 is 50.7 Å². The minimum absolute atomic E-state index is 0. The van der Waals surface area contributed by atoms with Crippen LogP contribution in [0.1, 0.15) is 0 Å². The zero-order chi connectivity index (χ0) is 12.6. The SMILES string of the molecule is Nc1c([N+](=O)[O-])c([N+](=O)[O-])[nH+]n1-c1nn[n-][nH+]1.O.O.[Na+]. The van der Waals surface area contributed by atoms with Gasteiger partial charge in [0.1, 0.15) is 4.92 Å². The minimum Gasteiger partial charge on any atom is -0.412 e. The number of hydrogen-bond donors (Lipinski definition) is 1. The van der Waals surface area contributed by atoms with Gasteiger partial charge in [-0.05, 0) is 5.10 Å². The quantitative estimate of drug-likeness (QED) is 0.322. The van der Waals surface area contributed by atoms with E-state index in [1.54, 1.807) is 0 Å². The van der Waals surface area contributed by atoms with E-state index in [1.807, 2.05) is 0 Å². The molecule has 0 bridgehead atoms. The number of nitrogen functional groups attached to an aromatic ring is 1. The fraction of sp³-hybridized carbons (Fsp3) is 0. The van der Waals surface area contributed by atoms with Crippen molar-refractivity contribution in [3.63, 3.8) is 0 Å². The predicted molar refractivity (Wildman–Crippen MR) is 52.7 cm³/mol. The number of tetrazole rings is 1. The topological polar surface area (TPSA) is 248 Å². The van der Waals surface area contributed by atoms with Crippen LogP contribution in [-0.2, 0) is 0 Å². The standard InChI is InChI=1S/C4H3N9O4.Na.2H2O/c5-2-1(12(14)15)3(13(16)17)8-11(2)4-6-9-10-7-4;;;/h5H2,(H-,6,7,9,10);;2*1H2/q;+1;;/p+1. The van der Waals surface area contributed by atoms with Crippen LogP contribution in [-0.4, -0.2) is 35.8 Å². The molecule has 2 aromatic rings. The largest absolute Gasteiger partial charge is 1.00 e. The van der Waals surface area contributed by atoms with Crippen LogP contribution >= 0.6 is 0 Å². The number of anilines is 1. The Hall–Kier alpha value is -2.20. The summed E-state index contributed by atoms with van der Waals surface area (Å²) in [5, 5.41) is 35.4. The zero-order valence-corrected chi connectivity index (χ0v) is 11.9. The predicted octanol–water partition coefficient (Wildman–Crippen LogP) is -7.39. The normalized spacial score (nSPS) is 8.80. The van der Waals surface area contributed by atoms with Gasteiger partial charge in [0.2, 0.25) is 0 Å². The number of nitrogens with one attached hydrogen (secondary N) is 2. The minimum atomic E-state index is -0.968. The van der Waals surface area contributed by atoms with Gasteiger partial charge in [-0.2, -0.15) is 0 Å². The Labute approximate surface area is 130 Å². The fourth-order valence-electron chi connectivity index (χ4n) is 1.17. The number of nitrogens with zero attached hydrogens (tertiary/aromatic N) is 6. The summed E-state index contributed by atoms with van der Waals surface area (Å²) in [5.41, 5.74) is 4.55. The number of aromatic nitrogens is 6. The van der Waals surface area contributed by atoms with E-state index in [-0.39, 0.29) is 46.5 Å². The van der Waals surface area contributed by atoms with Gasteiger partial charge in [0, 0.05) is 9.90 Å². The molecule has 15 nitrogen and oxygen atoms in total. The fourth-order valence-corrected chi connectivity index (χ4v) is 1.17. The van der Waals surface area contributed by atoms with Crippen molar-refractivity contribution in [1.29, 1.82) is 0 Å². The van der Waals surface area contributed by atoms with E-state index in [1.165, 1.54) is 0 Å². The van der Waals surface area contributed by atoms with E-state index in [0.29, 0.717) is 0 Å². The molecule has 2 heterocycles. The molecule has 8 N–H and O–H groups in total. The van der Waals surface area contributed by atoms with Gasteiger partial charge in [-0.3, -0.25) is 20.2 Å². The summed E-state index contributed by atoms with van der Waals surface area (Å²) in [6.07, 6.45) is 0. The molecule has 0 aromatic carbocycles. The second-order valence-corrected chi connectivity index (χ2v) is 2.77. The van der Waals surface area contributed by atoms with Crippen molar-refractivity contribution in [3.05, 3.63) is 20.2 Å². The van der Waals surface area contributed by atoms with Crippen molar-refractivity contribution >= 4 is 17.3 Å². The van der Waals surface area contributed by atoms with Gasteiger partial charge >= 0.3 is 52.8 Å². The van der Waals surface area contributed by atoms with E-state index in [0.717, 1.165) is 4.68 Å². The molecule has 2 aromatic heterocycles. The van der Waals surface area contributed by atoms with E-state index in [2.05, 4.69) is 25.7 Å². The third-order valence-electron chi connectivity index (χ3n) is 1.84. The number of nitro groups is 2. The maximum Gasteiger partial charge on any atom is 1.00 e. The second kappa shape index (κ2) is 7.40. The van der Waals surface area contributed by atoms with Gasteiger partial charge in [-0.25, -0.2) is 5.10 Å². The zero-order valence-electron chi connectivity index (χ0n) is 9.89. The Balaban J connectivity index is 0. The summed E-state index contributed by atoms with van der Waals surface area (Å²) in [5.74, 6) is -1.46. The first kappa shape index (κ1) is 20.1. The van der Waals surface area contributed by atoms with Crippen molar-refractivity contribution in [2.24, 2.45) is 0 Å². The van der Waals surface area contributed by atoms with Crippen molar-refractivity contribution in [1.82, 2.24) is 20.2 Å². The van der Waals surface area contributed by atoms with Crippen LogP contribution in [0.15, 0.2) is 0 Å². The van der Waals surface area contributed by atoms with Crippen LogP contribution in [0.4, 0.5) is 17.3 Å². The average Bonchev–Trinajstić information content (AvgIpc) is 2.83. The molecule has 2 rings (SSSR count). The smallest absolute Gasteiger partial charge is 0.412 e. The van der Waals surface area contributed by atoms with E-state index in [9.17, 15) is 20.2 Å². The molecule has 0 aliphatic carbocycles. The Morgan fingerprint density at radius 1 is 1.25 bits per heavy atom. The Morgan fingerprint density at radius 2 is 1.85 bits per heavy atom. The molecule has 0 aliphatic rings. The first-order valence-electron chi connectivity index (χ1n) is 3.98. The molecule has 0 atom stereocenters. The van der Waals surface area contributed by atoms with E-state index in [4.69, 9.17) is 5.73 Å². The number of hydrogen-bond acceptors (Lipinski definition) is 7. The molecule has 0 fully saturated rings. The van der Waals surface area contributed by atoms with Gasteiger partial charge in [0.15, 0.2) is 0 Å². The number of nitrogens with two attached hydrogens (primary N) is 1. The van der Waals surface area contributed by atoms with Crippen LogP contribution in [0.5, 0.6) is 0 Å². The van der Waals surface area contributed by atoms with E-state index < -0.39 is 27.2 Å². The van der Waals surface area contributed by atoms with Crippen LogP contribution in [0.3, 0.4) is 0 Å². The Morgan fingerprint density at radius 3 is 2.20 bits per heavy atom. The molecular formula is C4H8N9NaO6+2. The molecule has 0 spiro atoms. The molecule has 104 valence electrons. The maximum atomic E-state index is 10.7. The summed E-state index contributed by atoms with van der Waals surface area (Å²) >= 11 is 0. The maximum absolute atomic E-state index is 10.7. The molecule has 16 heteroatoms. The average molecular weight is 301 g/mol. The first-order chi connectivity index (χ1) is 8.02. The Kier molecular flexibility index (Phi) is 7.45. The summed E-state index contributed by atoms with van der Waals surface area (Å²) in [6.45, 7) is 0. The van der Waals surface area contributed by atoms with Crippen molar-refractivity contribution in [2.45, 2.75) is 0 Å². The van der Waals surface area contributed by atoms with Gasteiger partial charge in [0.25, 0.3) is 0 Å². The third-order valence-corrected chi connectivity index (χ3v) is 1.84. The van der Waals surface area contributed by atoms with Crippen LogP contribution in [0.25, 0.3) is 5.95 Å². The summed E-state index contributed by atoms with van der Waals surface area (Å²) in [7, 11) is 0. The van der Waals surface area contributed by atoms with Crippen molar-refractivity contribution < 1.29 is 60.6 Å². The molecule has 0 saturated carbocycles. The molecular weight excluding hydrogens is 293 g/mol. The van der Waals surface area contributed by atoms with Gasteiger partial charge in [-0.15, -0.1) is 5.21 Å². The van der Waals surface area contributed by atoms with Crippen LogP contribution in [0, 0.1) is 20.2 Å². The van der Waals surface area contributed by atoms with Crippen molar-refractivity contribution in [3.8, 4) is 5.95 Å². The third kappa shape index (κ3) is 3.22. The first-order valence-corrected chi connectivity index (χ1v) is 3.98. The van der Waals surface area contributed by atoms with E-state index >= 15 is 0 Å². The van der Waals surface area contributed by atoms with Gasteiger partial charge < -0.3 is 16.7 Å². The van der Waals surface area contributed by atoms with Crippen LogP contribution in [0.2, 0.25) is 0 Å². The summed E-state index contributed by atoms with van der Waals surface area (Å²) in [6, 6.07) is 0. The summed E-state index contributed by atoms with van der Waals surface area (Å²) < 4.78 is 0.802.